The Morgan fingerprint density at radius 2 is 1.26 bits per heavy atom. The van der Waals surface area contributed by atoms with Crippen molar-refractivity contribution in [2.24, 2.45) is 0 Å². The number of benzene rings is 6. The predicted molar refractivity (Wildman–Crippen MR) is 175 cm³/mol. The summed E-state index contributed by atoms with van der Waals surface area (Å²) in [6.45, 7) is 4.26. The minimum absolute atomic E-state index is 0.506. The van der Waals surface area contributed by atoms with Crippen LogP contribution in [-0.4, -0.2) is 4.57 Å². The van der Waals surface area contributed by atoms with E-state index in [1.54, 1.807) is 0 Å². The largest absolute Gasteiger partial charge is 0.455 e. The summed E-state index contributed by atoms with van der Waals surface area (Å²) < 4.78 is 15.5. The number of aromatic nitrogens is 1. The third-order valence-corrected chi connectivity index (χ3v) is 8.76. The van der Waals surface area contributed by atoms with Gasteiger partial charge in [-0.05, 0) is 61.9 Å². The van der Waals surface area contributed by atoms with Crippen LogP contribution in [0.15, 0.2) is 118 Å². The molecule has 6 aromatic carbocycles. The normalized spacial score (nSPS) is 11.9. The molecule has 3 aromatic heterocycles. The third-order valence-electron chi connectivity index (χ3n) is 8.76. The summed E-state index contributed by atoms with van der Waals surface area (Å²) >= 11 is 0. The highest BCUT2D eigenvalue weighted by atomic mass is 16.3. The fraction of sp³-hybridized carbons (Fsp3) is 0.0513. The van der Waals surface area contributed by atoms with Gasteiger partial charge < -0.3 is 13.4 Å². The number of aryl methyl sites for hydroxylation is 2. The van der Waals surface area contributed by atoms with Crippen molar-refractivity contribution in [2.75, 3.05) is 0 Å². The summed E-state index contributed by atoms with van der Waals surface area (Å²) in [5, 5.41) is 16.6. The molecule has 4 nitrogen and oxygen atoms in total. The number of hydrogen-bond acceptors (Lipinski definition) is 3. The summed E-state index contributed by atoms with van der Waals surface area (Å²) in [6, 6.07) is 40.1. The van der Waals surface area contributed by atoms with Crippen molar-refractivity contribution in [1.29, 1.82) is 5.26 Å². The molecule has 0 N–H and O–H groups in total. The number of hydrogen-bond donors (Lipinski definition) is 0. The maximum Gasteiger partial charge on any atom is 0.159 e. The number of nitrogens with zero attached hydrogens (tertiary/aromatic N) is 2. The van der Waals surface area contributed by atoms with Crippen LogP contribution in [0.25, 0.3) is 82.5 Å². The lowest BCUT2D eigenvalue weighted by molar-refractivity contribution is 0.665. The summed E-state index contributed by atoms with van der Waals surface area (Å²) in [4.78, 5) is 0. The lowest BCUT2D eigenvalue weighted by Crippen LogP contribution is -1.94. The first kappa shape index (κ1) is 23.9. The van der Waals surface area contributed by atoms with E-state index in [9.17, 15) is 5.26 Å². The Kier molecular flexibility index (Phi) is 4.78. The van der Waals surface area contributed by atoms with Crippen LogP contribution < -0.4 is 0 Å². The topological polar surface area (TPSA) is 55.0 Å². The van der Waals surface area contributed by atoms with E-state index in [0.29, 0.717) is 11.1 Å². The number of fused-ring (bicyclic) bond motifs is 9. The highest BCUT2D eigenvalue weighted by molar-refractivity contribution is 6.20. The Balaban J connectivity index is 1.41. The molecule has 4 heteroatoms. The van der Waals surface area contributed by atoms with E-state index in [1.807, 2.05) is 30.3 Å². The van der Waals surface area contributed by atoms with Crippen LogP contribution in [0.3, 0.4) is 0 Å². The summed E-state index contributed by atoms with van der Waals surface area (Å²) in [7, 11) is 0. The van der Waals surface area contributed by atoms with E-state index in [4.69, 9.17) is 8.83 Å². The van der Waals surface area contributed by atoms with Crippen molar-refractivity contribution in [2.45, 2.75) is 13.8 Å². The first-order valence-electron chi connectivity index (χ1n) is 14.4. The molecule has 0 unspecified atom stereocenters. The Hall–Kier alpha value is -5.79. The molecule has 0 aliphatic rings. The fourth-order valence-electron chi connectivity index (χ4n) is 6.85. The SMILES string of the molecule is Cc1ccc2c(c1)c1cc(C)ccc1n2-c1cccc2c1oc1c(C#N)ccc(-c3cccc4c3oc3ccccc34)c12. The van der Waals surface area contributed by atoms with Crippen molar-refractivity contribution >= 4 is 65.7 Å². The molecular formula is C39H24N2O2. The van der Waals surface area contributed by atoms with Crippen LogP contribution in [0.5, 0.6) is 0 Å². The van der Waals surface area contributed by atoms with Gasteiger partial charge in [-0.1, -0.05) is 77.9 Å². The van der Waals surface area contributed by atoms with E-state index in [-0.39, 0.29) is 0 Å². The van der Waals surface area contributed by atoms with Gasteiger partial charge in [0.2, 0.25) is 0 Å². The Bertz CT molecular complexity index is 2600. The van der Waals surface area contributed by atoms with Crippen LogP contribution in [-0.2, 0) is 0 Å². The first-order valence-corrected chi connectivity index (χ1v) is 14.4. The van der Waals surface area contributed by atoms with Gasteiger partial charge in [-0.15, -0.1) is 0 Å². The molecule has 43 heavy (non-hydrogen) atoms. The summed E-state index contributed by atoms with van der Waals surface area (Å²) in [5.74, 6) is 0. The minimum Gasteiger partial charge on any atom is -0.455 e. The van der Waals surface area contributed by atoms with E-state index < -0.39 is 0 Å². The van der Waals surface area contributed by atoms with Crippen LogP contribution in [0.2, 0.25) is 0 Å². The molecular weight excluding hydrogens is 528 g/mol. The van der Waals surface area contributed by atoms with Gasteiger partial charge in [-0.2, -0.15) is 5.26 Å². The molecule has 0 saturated carbocycles. The highest BCUT2D eigenvalue weighted by Crippen LogP contribution is 2.44. The van der Waals surface area contributed by atoms with Crippen molar-refractivity contribution < 1.29 is 8.83 Å². The molecule has 3 heterocycles. The van der Waals surface area contributed by atoms with Gasteiger partial charge in [-0.3, -0.25) is 0 Å². The molecule has 9 aromatic rings. The molecule has 0 saturated heterocycles. The molecule has 0 aliphatic carbocycles. The van der Waals surface area contributed by atoms with Crippen molar-refractivity contribution in [3.05, 3.63) is 126 Å². The molecule has 0 bridgehead atoms. The smallest absolute Gasteiger partial charge is 0.159 e. The van der Waals surface area contributed by atoms with E-state index in [0.717, 1.165) is 66.1 Å². The molecule has 0 aliphatic heterocycles. The van der Waals surface area contributed by atoms with Crippen LogP contribution in [0.1, 0.15) is 16.7 Å². The zero-order valence-corrected chi connectivity index (χ0v) is 23.6. The molecule has 202 valence electrons. The zero-order valence-electron chi connectivity index (χ0n) is 23.6. The van der Waals surface area contributed by atoms with Crippen LogP contribution in [0, 0.1) is 25.2 Å². The third kappa shape index (κ3) is 3.25. The fourth-order valence-corrected chi connectivity index (χ4v) is 6.85. The first-order chi connectivity index (χ1) is 21.1. The number of nitriles is 1. The van der Waals surface area contributed by atoms with E-state index in [2.05, 4.69) is 103 Å². The number of furan rings is 2. The van der Waals surface area contributed by atoms with Crippen LogP contribution >= 0.6 is 0 Å². The van der Waals surface area contributed by atoms with Gasteiger partial charge in [0.1, 0.15) is 17.2 Å². The molecule has 0 fully saturated rings. The van der Waals surface area contributed by atoms with Gasteiger partial charge in [-0.25, -0.2) is 0 Å². The zero-order chi connectivity index (χ0) is 28.8. The average Bonchev–Trinajstić information content (AvgIpc) is 3.70. The molecule has 0 spiro atoms. The lowest BCUT2D eigenvalue weighted by Gasteiger charge is -2.09. The molecule has 0 radical (unpaired) electrons. The quantitative estimate of drug-likeness (QED) is 0.214. The highest BCUT2D eigenvalue weighted by Gasteiger charge is 2.23. The van der Waals surface area contributed by atoms with Gasteiger partial charge in [0.25, 0.3) is 0 Å². The van der Waals surface area contributed by atoms with Gasteiger partial charge in [0.05, 0.1) is 22.3 Å². The maximum atomic E-state index is 10.1. The second kappa shape index (κ2) is 8.61. The van der Waals surface area contributed by atoms with Gasteiger partial charge in [0, 0.05) is 37.9 Å². The standard InChI is InChI=1S/C39H24N2O2/c1-22-13-17-32-30(19-22)31-20-23(2)14-18-33(31)41(32)34-11-6-10-29-36-26(16-15-24(21-40)37(36)43-39(29)34)28-9-5-8-27-25-7-3-4-12-35(25)42-38(27)28/h3-20H,1-2H3. The average molecular weight is 553 g/mol. The van der Waals surface area contributed by atoms with Crippen molar-refractivity contribution in [1.82, 2.24) is 4.57 Å². The van der Waals surface area contributed by atoms with Crippen molar-refractivity contribution in [3.8, 4) is 22.9 Å². The second-order valence-electron chi connectivity index (χ2n) is 11.4. The minimum atomic E-state index is 0.506. The number of rotatable bonds is 2. The second-order valence-corrected chi connectivity index (χ2v) is 11.4. The summed E-state index contributed by atoms with van der Waals surface area (Å²) in [5.41, 5.74) is 11.1. The van der Waals surface area contributed by atoms with Crippen molar-refractivity contribution in [3.63, 3.8) is 0 Å². The Labute approximate surface area is 246 Å². The van der Waals surface area contributed by atoms with E-state index >= 15 is 0 Å². The van der Waals surface area contributed by atoms with Gasteiger partial charge >= 0.3 is 0 Å². The molecule has 9 rings (SSSR count). The molecule has 0 atom stereocenters. The Morgan fingerprint density at radius 3 is 2.02 bits per heavy atom. The molecule has 0 amide bonds. The number of para-hydroxylation sites is 3. The lowest BCUT2D eigenvalue weighted by atomic mass is 9.96. The van der Waals surface area contributed by atoms with Gasteiger partial charge in [0.15, 0.2) is 11.2 Å². The van der Waals surface area contributed by atoms with E-state index in [1.165, 1.54) is 21.9 Å². The summed E-state index contributed by atoms with van der Waals surface area (Å²) in [6.07, 6.45) is 0. The Morgan fingerprint density at radius 1 is 0.558 bits per heavy atom. The monoisotopic (exact) mass is 552 g/mol. The maximum absolute atomic E-state index is 10.1. The van der Waals surface area contributed by atoms with Crippen LogP contribution in [0.4, 0.5) is 0 Å². The predicted octanol–water partition coefficient (Wildman–Crippen LogP) is 10.7.